The van der Waals surface area contributed by atoms with Gasteiger partial charge in [-0.05, 0) is 29.8 Å². The van der Waals surface area contributed by atoms with E-state index in [1.165, 1.54) is 6.33 Å². The molecule has 7 nitrogen and oxygen atoms in total. The molecule has 3 aromatic rings. The molecule has 9 heteroatoms. The van der Waals surface area contributed by atoms with E-state index >= 15 is 0 Å². The summed E-state index contributed by atoms with van der Waals surface area (Å²) in [7, 11) is 0. The fourth-order valence-electron chi connectivity index (χ4n) is 3.48. The van der Waals surface area contributed by atoms with E-state index in [-0.39, 0.29) is 13.1 Å². The van der Waals surface area contributed by atoms with Gasteiger partial charge in [0.2, 0.25) is 0 Å². The van der Waals surface area contributed by atoms with Gasteiger partial charge in [0, 0.05) is 29.1 Å². The van der Waals surface area contributed by atoms with Gasteiger partial charge in [-0.1, -0.05) is 35.3 Å². The van der Waals surface area contributed by atoms with Gasteiger partial charge in [0.05, 0.1) is 23.2 Å². The monoisotopic (exact) mass is 427 g/mol. The Kier molecular flexibility index (Phi) is 5.14. The van der Waals surface area contributed by atoms with Gasteiger partial charge in [-0.3, -0.25) is 4.90 Å². The molecular weight excluding hydrogens is 413 g/mol. The molecule has 0 saturated carbocycles. The lowest BCUT2D eigenvalue weighted by molar-refractivity contribution is 0.130. The topological polar surface area (TPSA) is 93.4 Å². The Morgan fingerprint density at radius 2 is 1.93 bits per heavy atom. The molecule has 1 aromatic heterocycles. The summed E-state index contributed by atoms with van der Waals surface area (Å²) >= 11 is 12.5. The Morgan fingerprint density at radius 1 is 1.17 bits per heavy atom. The van der Waals surface area contributed by atoms with Crippen molar-refractivity contribution < 1.29 is 9.90 Å². The highest BCUT2D eigenvalue weighted by molar-refractivity contribution is 6.34. The minimum Gasteiger partial charge on any atom is -0.465 e. The summed E-state index contributed by atoms with van der Waals surface area (Å²) in [6.45, 7) is 0.875. The average molecular weight is 428 g/mol. The molecule has 2 heterocycles. The Morgan fingerprint density at radius 3 is 2.62 bits per heavy atom. The second-order valence-corrected chi connectivity index (χ2v) is 7.46. The minimum atomic E-state index is -1.10. The smallest absolute Gasteiger partial charge is 0.408 e. The maximum absolute atomic E-state index is 11.3. The molecule has 1 atom stereocenters. The second-order valence-electron chi connectivity index (χ2n) is 6.62. The number of carbonyl (C=O) groups is 1. The van der Waals surface area contributed by atoms with E-state index in [0.717, 1.165) is 21.4 Å². The number of piperazine rings is 1. The molecule has 2 aromatic carbocycles. The number of nitriles is 1. The standard InChI is InChI=1S/C20H15Cl2N5O2/c21-13-3-1-12(2-4-13)15-7-16-18(8-17(15)22)24-11-25-19(16)26-5-6-27(20(28)29)14(9-23)10-26/h1-4,7-8,11,14H,5-6,10H2,(H,28,29). The average Bonchev–Trinajstić information content (AvgIpc) is 2.73. The molecule has 29 heavy (non-hydrogen) atoms. The van der Waals surface area contributed by atoms with E-state index < -0.39 is 12.1 Å². The van der Waals surface area contributed by atoms with Crippen LogP contribution in [0.1, 0.15) is 0 Å². The summed E-state index contributed by atoms with van der Waals surface area (Å²) in [4.78, 5) is 23.1. The van der Waals surface area contributed by atoms with Gasteiger partial charge in [-0.2, -0.15) is 5.26 Å². The summed E-state index contributed by atoms with van der Waals surface area (Å²) in [5.41, 5.74) is 2.39. The van der Waals surface area contributed by atoms with Crippen LogP contribution in [-0.2, 0) is 0 Å². The number of carboxylic acid groups (broad SMARTS) is 1. The third-order valence-electron chi connectivity index (χ3n) is 4.93. The SMILES string of the molecule is N#CC1CN(c2ncnc3cc(Cl)c(-c4ccc(Cl)cc4)cc23)CCN1C(=O)O. The molecule has 1 N–H and O–H groups in total. The van der Waals surface area contributed by atoms with Crippen molar-refractivity contribution in [3.8, 4) is 17.2 Å². The second kappa shape index (κ2) is 7.74. The van der Waals surface area contributed by atoms with Crippen molar-refractivity contribution in [3.05, 3.63) is 52.8 Å². The number of anilines is 1. The van der Waals surface area contributed by atoms with Crippen molar-refractivity contribution in [3.63, 3.8) is 0 Å². The van der Waals surface area contributed by atoms with Crippen LogP contribution in [0.2, 0.25) is 10.0 Å². The van der Waals surface area contributed by atoms with E-state index in [9.17, 15) is 15.2 Å². The fraction of sp³-hybridized carbons (Fsp3) is 0.200. The van der Waals surface area contributed by atoms with E-state index in [1.54, 1.807) is 18.2 Å². The maximum atomic E-state index is 11.3. The summed E-state index contributed by atoms with van der Waals surface area (Å²) in [6.07, 6.45) is 0.349. The maximum Gasteiger partial charge on any atom is 0.408 e. The Bertz CT molecular complexity index is 1130. The molecule has 1 aliphatic heterocycles. The van der Waals surface area contributed by atoms with Gasteiger partial charge in [0.1, 0.15) is 18.2 Å². The molecule has 1 unspecified atom stereocenters. The van der Waals surface area contributed by atoms with Crippen molar-refractivity contribution in [1.29, 1.82) is 5.26 Å². The van der Waals surface area contributed by atoms with Crippen LogP contribution in [0.4, 0.5) is 10.6 Å². The molecule has 0 spiro atoms. The zero-order valence-corrected chi connectivity index (χ0v) is 16.6. The molecule has 1 aliphatic rings. The van der Waals surface area contributed by atoms with Gasteiger partial charge >= 0.3 is 6.09 Å². The van der Waals surface area contributed by atoms with Crippen molar-refractivity contribution >= 4 is 46.0 Å². The third kappa shape index (κ3) is 3.65. The summed E-state index contributed by atoms with van der Waals surface area (Å²) in [6, 6.07) is 12.3. The molecule has 0 radical (unpaired) electrons. The van der Waals surface area contributed by atoms with Crippen LogP contribution in [-0.4, -0.2) is 51.7 Å². The first-order valence-electron chi connectivity index (χ1n) is 8.82. The molecule has 4 rings (SSSR count). The molecule has 1 amide bonds. The molecular formula is C20H15Cl2N5O2. The number of rotatable bonds is 2. The van der Waals surface area contributed by atoms with Crippen molar-refractivity contribution in [2.45, 2.75) is 6.04 Å². The Hall–Kier alpha value is -3.08. The van der Waals surface area contributed by atoms with Crippen LogP contribution in [0.5, 0.6) is 0 Å². The van der Waals surface area contributed by atoms with E-state index in [2.05, 4.69) is 16.0 Å². The number of nitrogens with zero attached hydrogens (tertiary/aromatic N) is 5. The van der Waals surface area contributed by atoms with E-state index in [4.69, 9.17) is 23.2 Å². The van der Waals surface area contributed by atoms with Crippen LogP contribution < -0.4 is 4.90 Å². The highest BCUT2D eigenvalue weighted by Crippen LogP contribution is 2.35. The number of hydrogen-bond acceptors (Lipinski definition) is 5. The predicted octanol–water partition coefficient (Wildman–Crippen LogP) is 4.30. The van der Waals surface area contributed by atoms with Gasteiger partial charge in [0.15, 0.2) is 0 Å². The van der Waals surface area contributed by atoms with E-state index in [0.29, 0.717) is 27.9 Å². The lowest BCUT2D eigenvalue weighted by atomic mass is 10.0. The number of benzene rings is 2. The number of halogens is 2. The predicted molar refractivity (Wildman–Crippen MR) is 111 cm³/mol. The molecule has 0 aliphatic carbocycles. The van der Waals surface area contributed by atoms with Crippen LogP contribution in [0.25, 0.3) is 22.0 Å². The minimum absolute atomic E-state index is 0.219. The molecule has 1 saturated heterocycles. The van der Waals surface area contributed by atoms with Crippen molar-refractivity contribution in [2.24, 2.45) is 0 Å². The quantitative estimate of drug-likeness (QED) is 0.655. The van der Waals surface area contributed by atoms with Gasteiger partial charge in [-0.25, -0.2) is 14.8 Å². The number of hydrogen-bond donors (Lipinski definition) is 1. The summed E-state index contributed by atoms with van der Waals surface area (Å²) in [5, 5.41) is 20.6. The summed E-state index contributed by atoms with van der Waals surface area (Å²) < 4.78 is 0. The van der Waals surface area contributed by atoms with Crippen LogP contribution in [0, 0.1) is 11.3 Å². The lowest BCUT2D eigenvalue weighted by Crippen LogP contribution is -2.54. The molecule has 146 valence electrons. The highest BCUT2D eigenvalue weighted by Gasteiger charge is 2.31. The van der Waals surface area contributed by atoms with Crippen LogP contribution >= 0.6 is 23.2 Å². The number of amides is 1. The zero-order valence-electron chi connectivity index (χ0n) is 15.1. The fourth-order valence-corrected chi connectivity index (χ4v) is 3.87. The Labute approximate surface area is 176 Å². The lowest BCUT2D eigenvalue weighted by Gasteiger charge is -2.37. The number of fused-ring (bicyclic) bond motifs is 1. The van der Waals surface area contributed by atoms with Crippen LogP contribution in [0.15, 0.2) is 42.7 Å². The number of aromatic nitrogens is 2. The first-order chi connectivity index (χ1) is 14.0. The van der Waals surface area contributed by atoms with Crippen molar-refractivity contribution in [1.82, 2.24) is 14.9 Å². The zero-order chi connectivity index (χ0) is 20.5. The van der Waals surface area contributed by atoms with Gasteiger partial charge in [0.25, 0.3) is 0 Å². The van der Waals surface area contributed by atoms with E-state index in [1.807, 2.05) is 23.1 Å². The first kappa shape index (κ1) is 19.2. The van der Waals surface area contributed by atoms with Crippen molar-refractivity contribution in [2.75, 3.05) is 24.5 Å². The summed E-state index contributed by atoms with van der Waals surface area (Å²) in [5.74, 6) is 0.646. The first-order valence-corrected chi connectivity index (χ1v) is 9.58. The third-order valence-corrected chi connectivity index (χ3v) is 5.50. The molecule has 0 bridgehead atoms. The normalized spacial score (nSPS) is 16.7. The van der Waals surface area contributed by atoms with Gasteiger partial charge < -0.3 is 10.0 Å². The Balaban J connectivity index is 1.78. The highest BCUT2D eigenvalue weighted by atomic mass is 35.5. The van der Waals surface area contributed by atoms with Gasteiger partial charge in [-0.15, -0.1) is 0 Å². The van der Waals surface area contributed by atoms with Crippen LogP contribution in [0.3, 0.4) is 0 Å². The largest absolute Gasteiger partial charge is 0.465 e. The molecule has 1 fully saturated rings.